The standard InChI is InChI=1S/C6H9FO2/c1-6(2-4(6)7)3-5(8)9/h4H,2-3H2,1H3,(H,8,9)/t4-,6-/m0/s1. The van der Waals surface area contributed by atoms with Crippen LogP contribution in [0.2, 0.25) is 0 Å². The minimum Gasteiger partial charge on any atom is -0.481 e. The summed E-state index contributed by atoms with van der Waals surface area (Å²) >= 11 is 0. The van der Waals surface area contributed by atoms with Gasteiger partial charge in [0.1, 0.15) is 6.17 Å². The fraction of sp³-hybridized carbons (Fsp3) is 0.833. The molecule has 1 aliphatic rings. The second kappa shape index (κ2) is 1.69. The number of hydrogen-bond donors (Lipinski definition) is 1. The lowest BCUT2D eigenvalue weighted by Gasteiger charge is -2.00. The Kier molecular flexibility index (Phi) is 1.22. The van der Waals surface area contributed by atoms with Crippen LogP contribution in [-0.4, -0.2) is 17.2 Å². The van der Waals surface area contributed by atoms with Crippen LogP contribution in [0.1, 0.15) is 19.8 Å². The molecule has 0 bridgehead atoms. The molecule has 1 aliphatic carbocycles. The van der Waals surface area contributed by atoms with E-state index in [1.54, 1.807) is 6.92 Å². The summed E-state index contributed by atoms with van der Waals surface area (Å²) in [6, 6.07) is 0. The molecule has 0 amide bonds. The summed E-state index contributed by atoms with van der Waals surface area (Å²) in [4.78, 5) is 10.0. The molecule has 3 heteroatoms. The first-order chi connectivity index (χ1) is 4.04. The minimum atomic E-state index is -0.905. The van der Waals surface area contributed by atoms with Crippen LogP contribution in [-0.2, 0) is 4.79 Å². The lowest BCUT2D eigenvalue weighted by molar-refractivity contribution is -0.138. The van der Waals surface area contributed by atoms with Gasteiger partial charge in [-0.25, -0.2) is 4.39 Å². The van der Waals surface area contributed by atoms with Crippen LogP contribution >= 0.6 is 0 Å². The Morgan fingerprint density at radius 1 is 2.00 bits per heavy atom. The van der Waals surface area contributed by atoms with Crippen LogP contribution in [0.25, 0.3) is 0 Å². The number of carbonyl (C=O) groups is 1. The summed E-state index contributed by atoms with van der Waals surface area (Å²) in [6.07, 6.45) is -0.499. The maximum Gasteiger partial charge on any atom is 0.304 e. The van der Waals surface area contributed by atoms with Crippen molar-refractivity contribution in [3.05, 3.63) is 0 Å². The molecule has 0 aromatic carbocycles. The fourth-order valence-electron chi connectivity index (χ4n) is 0.879. The highest BCUT2D eigenvalue weighted by molar-refractivity contribution is 5.68. The summed E-state index contributed by atoms with van der Waals surface area (Å²) in [6.45, 7) is 1.66. The Labute approximate surface area is 52.7 Å². The molecule has 0 aromatic heterocycles. The van der Waals surface area contributed by atoms with Crippen LogP contribution in [0.4, 0.5) is 4.39 Å². The molecule has 0 heterocycles. The normalized spacial score (nSPS) is 40.4. The zero-order valence-corrected chi connectivity index (χ0v) is 5.22. The third kappa shape index (κ3) is 1.20. The maximum atomic E-state index is 12.3. The van der Waals surface area contributed by atoms with Crippen molar-refractivity contribution in [2.24, 2.45) is 5.41 Å². The lowest BCUT2D eigenvalue weighted by atomic mass is 10.1. The predicted molar refractivity (Wildman–Crippen MR) is 29.9 cm³/mol. The monoisotopic (exact) mass is 132 g/mol. The highest BCUT2D eigenvalue weighted by Crippen LogP contribution is 2.50. The van der Waals surface area contributed by atoms with Crippen molar-refractivity contribution in [3.8, 4) is 0 Å². The van der Waals surface area contributed by atoms with Crippen molar-refractivity contribution in [1.82, 2.24) is 0 Å². The Bertz CT molecular complexity index is 146. The quantitative estimate of drug-likeness (QED) is 0.613. The van der Waals surface area contributed by atoms with Gasteiger partial charge in [-0.1, -0.05) is 6.92 Å². The van der Waals surface area contributed by atoms with E-state index in [9.17, 15) is 9.18 Å². The molecule has 0 aromatic rings. The van der Waals surface area contributed by atoms with Gasteiger partial charge < -0.3 is 5.11 Å². The van der Waals surface area contributed by atoms with Gasteiger partial charge in [0, 0.05) is 5.41 Å². The summed E-state index contributed by atoms with van der Waals surface area (Å²) < 4.78 is 12.3. The molecule has 1 fully saturated rings. The first-order valence-electron chi connectivity index (χ1n) is 2.90. The van der Waals surface area contributed by atoms with E-state index in [4.69, 9.17) is 5.11 Å². The van der Waals surface area contributed by atoms with Gasteiger partial charge in [-0.2, -0.15) is 0 Å². The highest BCUT2D eigenvalue weighted by atomic mass is 19.1. The molecule has 0 saturated heterocycles. The largest absolute Gasteiger partial charge is 0.481 e. The predicted octanol–water partition coefficient (Wildman–Crippen LogP) is 1.21. The van der Waals surface area contributed by atoms with E-state index in [0.29, 0.717) is 6.42 Å². The van der Waals surface area contributed by atoms with Crippen molar-refractivity contribution >= 4 is 5.97 Å². The summed E-state index contributed by atoms with van der Waals surface area (Å²) in [5, 5.41) is 8.24. The van der Waals surface area contributed by atoms with Crippen molar-refractivity contribution in [2.45, 2.75) is 25.9 Å². The van der Waals surface area contributed by atoms with E-state index < -0.39 is 17.6 Å². The molecule has 52 valence electrons. The smallest absolute Gasteiger partial charge is 0.304 e. The zero-order chi connectivity index (χ0) is 7.07. The van der Waals surface area contributed by atoms with Gasteiger partial charge in [-0.15, -0.1) is 0 Å². The van der Waals surface area contributed by atoms with E-state index in [0.717, 1.165) is 0 Å². The topological polar surface area (TPSA) is 37.3 Å². The molecule has 2 nitrogen and oxygen atoms in total. The minimum absolute atomic E-state index is 0.0336. The molecule has 9 heavy (non-hydrogen) atoms. The highest BCUT2D eigenvalue weighted by Gasteiger charge is 2.52. The molecule has 1 saturated carbocycles. The van der Waals surface area contributed by atoms with Crippen LogP contribution in [0, 0.1) is 5.41 Å². The average molecular weight is 132 g/mol. The first kappa shape index (κ1) is 6.52. The van der Waals surface area contributed by atoms with Crippen molar-refractivity contribution in [3.63, 3.8) is 0 Å². The molecule has 0 radical (unpaired) electrons. The summed E-state index contributed by atoms with van der Waals surface area (Å²) in [7, 11) is 0. The number of aliphatic carboxylic acids is 1. The Balaban J connectivity index is 2.37. The van der Waals surface area contributed by atoms with Gasteiger partial charge in [0.2, 0.25) is 0 Å². The molecule has 1 rings (SSSR count). The fourth-order valence-corrected chi connectivity index (χ4v) is 0.879. The van der Waals surface area contributed by atoms with Gasteiger partial charge >= 0.3 is 5.97 Å². The van der Waals surface area contributed by atoms with Gasteiger partial charge in [-0.05, 0) is 6.42 Å². The third-order valence-corrected chi connectivity index (χ3v) is 1.80. The van der Waals surface area contributed by atoms with Crippen molar-refractivity contribution in [1.29, 1.82) is 0 Å². The van der Waals surface area contributed by atoms with Crippen LogP contribution in [0.3, 0.4) is 0 Å². The van der Waals surface area contributed by atoms with Crippen LogP contribution in [0.15, 0.2) is 0 Å². The number of halogens is 1. The maximum absolute atomic E-state index is 12.3. The van der Waals surface area contributed by atoms with Crippen LogP contribution in [0.5, 0.6) is 0 Å². The summed E-state index contributed by atoms with van der Waals surface area (Å²) in [5.74, 6) is -0.905. The lowest BCUT2D eigenvalue weighted by Crippen LogP contribution is -2.06. The molecule has 0 unspecified atom stereocenters. The molecule has 1 N–H and O–H groups in total. The number of hydrogen-bond acceptors (Lipinski definition) is 1. The van der Waals surface area contributed by atoms with Crippen molar-refractivity contribution in [2.75, 3.05) is 0 Å². The number of carboxylic acids is 1. The Morgan fingerprint density at radius 2 is 2.44 bits per heavy atom. The zero-order valence-electron chi connectivity index (χ0n) is 5.22. The third-order valence-electron chi connectivity index (χ3n) is 1.80. The molecule has 2 atom stereocenters. The number of rotatable bonds is 2. The molecular formula is C6H9FO2. The van der Waals surface area contributed by atoms with Crippen LogP contribution < -0.4 is 0 Å². The SMILES string of the molecule is C[C@@]1(CC(=O)O)C[C@@H]1F. The van der Waals surface area contributed by atoms with E-state index in [-0.39, 0.29) is 6.42 Å². The number of carboxylic acid groups (broad SMARTS) is 1. The van der Waals surface area contributed by atoms with Gasteiger partial charge in [-0.3, -0.25) is 4.79 Å². The van der Waals surface area contributed by atoms with E-state index in [1.165, 1.54) is 0 Å². The van der Waals surface area contributed by atoms with Gasteiger partial charge in [0.05, 0.1) is 6.42 Å². The second-order valence-corrected chi connectivity index (χ2v) is 2.90. The average Bonchev–Trinajstić information content (AvgIpc) is 2.10. The van der Waals surface area contributed by atoms with E-state index in [1.807, 2.05) is 0 Å². The molecule has 0 spiro atoms. The Morgan fingerprint density at radius 3 is 2.56 bits per heavy atom. The molecule has 0 aliphatic heterocycles. The first-order valence-corrected chi connectivity index (χ1v) is 2.90. The number of alkyl halides is 1. The van der Waals surface area contributed by atoms with Gasteiger partial charge in [0.15, 0.2) is 0 Å². The summed E-state index contributed by atoms with van der Waals surface area (Å²) in [5.41, 5.74) is -0.536. The van der Waals surface area contributed by atoms with E-state index >= 15 is 0 Å². The van der Waals surface area contributed by atoms with E-state index in [2.05, 4.69) is 0 Å². The van der Waals surface area contributed by atoms with Crippen molar-refractivity contribution < 1.29 is 14.3 Å². The molecular weight excluding hydrogens is 123 g/mol. The second-order valence-electron chi connectivity index (χ2n) is 2.90. The van der Waals surface area contributed by atoms with Gasteiger partial charge in [0.25, 0.3) is 0 Å². The Hall–Kier alpha value is -0.600.